The summed E-state index contributed by atoms with van der Waals surface area (Å²) in [5.74, 6) is -0.404. The molecule has 0 aliphatic carbocycles. The molecule has 0 radical (unpaired) electrons. The van der Waals surface area contributed by atoms with Gasteiger partial charge < -0.3 is 15.4 Å². The minimum atomic E-state index is -1.13. The SMILES string of the molecule is CC(=O)c1c(C)[nH]c(C(=O)NCC(C)(O)c2ccsc2)c1C. The molecule has 1 atom stereocenters. The highest BCUT2D eigenvalue weighted by Gasteiger charge is 2.26. The van der Waals surface area contributed by atoms with E-state index in [0.717, 1.165) is 5.56 Å². The van der Waals surface area contributed by atoms with Crippen molar-refractivity contribution in [1.29, 1.82) is 0 Å². The number of ketones is 1. The van der Waals surface area contributed by atoms with E-state index in [1.807, 2.05) is 16.8 Å². The lowest BCUT2D eigenvalue weighted by molar-refractivity contribution is 0.0528. The van der Waals surface area contributed by atoms with Crippen LogP contribution in [-0.2, 0) is 5.60 Å². The summed E-state index contributed by atoms with van der Waals surface area (Å²) < 4.78 is 0. The van der Waals surface area contributed by atoms with Crippen molar-refractivity contribution >= 4 is 23.0 Å². The average Bonchev–Trinajstić information content (AvgIpc) is 3.04. The molecular formula is C16H20N2O3S. The zero-order valence-corrected chi connectivity index (χ0v) is 13.9. The van der Waals surface area contributed by atoms with Crippen molar-refractivity contribution in [2.45, 2.75) is 33.3 Å². The fourth-order valence-corrected chi connectivity index (χ4v) is 3.30. The molecule has 2 rings (SSSR count). The number of hydrogen-bond acceptors (Lipinski definition) is 4. The molecule has 1 unspecified atom stereocenters. The first-order valence-corrected chi connectivity index (χ1v) is 7.91. The number of carbonyl (C=O) groups excluding carboxylic acids is 2. The lowest BCUT2D eigenvalue weighted by atomic mass is 9.99. The second-order valence-corrected chi connectivity index (χ2v) is 6.43. The van der Waals surface area contributed by atoms with Gasteiger partial charge in [0.2, 0.25) is 0 Å². The first-order chi connectivity index (χ1) is 10.2. The lowest BCUT2D eigenvalue weighted by Gasteiger charge is -2.22. The zero-order chi connectivity index (χ0) is 16.5. The van der Waals surface area contributed by atoms with Gasteiger partial charge in [-0.1, -0.05) is 0 Å². The summed E-state index contributed by atoms with van der Waals surface area (Å²) in [6.07, 6.45) is 0. The van der Waals surface area contributed by atoms with Crippen molar-refractivity contribution in [2.75, 3.05) is 6.54 Å². The van der Waals surface area contributed by atoms with E-state index in [1.165, 1.54) is 18.3 Å². The van der Waals surface area contributed by atoms with Gasteiger partial charge in [0, 0.05) is 11.3 Å². The number of rotatable bonds is 5. The number of H-pyrrole nitrogens is 1. The summed E-state index contributed by atoms with van der Waals surface area (Å²) in [5, 5.41) is 16.9. The van der Waals surface area contributed by atoms with Gasteiger partial charge >= 0.3 is 0 Å². The Balaban J connectivity index is 2.14. The van der Waals surface area contributed by atoms with Gasteiger partial charge in [-0.05, 0) is 55.6 Å². The van der Waals surface area contributed by atoms with Crippen LogP contribution in [-0.4, -0.2) is 28.3 Å². The maximum absolute atomic E-state index is 12.3. The highest BCUT2D eigenvalue weighted by atomic mass is 32.1. The molecule has 0 saturated carbocycles. The Morgan fingerprint density at radius 2 is 2.09 bits per heavy atom. The molecule has 2 heterocycles. The molecule has 0 spiro atoms. The second kappa shape index (κ2) is 6.06. The molecule has 6 heteroatoms. The van der Waals surface area contributed by atoms with Crippen LogP contribution < -0.4 is 5.32 Å². The molecule has 5 nitrogen and oxygen atoms in total. The highest BCUT2D eigenvalue weighted by Crippen LogP contribution is 2.23. The fraction of sp³-hybridized carbons (Fsp3) is 0.375. The van der Waals surface area contributed by atoms with Gasteiger partial charge in [0.05, 0.1) is 6.54 Å². The van der Waals surface area contributed by atoms with E-state index in [4.69, 9.17) is 0 Å². The number of aromatic amines is 1. The van der Waals surface area contributed by atoms with Crippen molar-refractivity contribution in [3.05, 3.63) is 44.9 Å². The largest absolute Gasteiger partial charge is 0.384 e. The van der Waals surface area contributed by atoms with Crippen molar-refractivity contribution < 1.29 is 14.7 Å². The third kappa shape index (κ3) is 3.13. The summed E-state index contributed by atoms with van der Waals surface area (Å²) in [6.45, 7) is 6.74. The van der Waals surface area contributed by atoms with Crippen molar-refractivity contribution in [2.24, 2.45) is 0 Å². The first-order valence-electron chi connectivity index (χ1n) is 6.97. The normalized spacial score (nSPS) is 13.7. The Bertz CT molecular complexity index is 699. The number of carbonyl (C=O) groups is 2. The van der Waals surface area contributed by atoms with Gasteiger partial charge in [0.1, 0.15) is 11.3 Å². The number of hydrogen-bond donors (Lipinski definition) is 3. The molecule has 3 N–H and O–H groups in total. The Morgan fingerprint density at radius 1 is 1.41 bits per heavy atom. The third-order valence-corrected chi connectivity index (χ3v) is 4.44. The number of thiophene rings is 1. The average molecular weight is 320 g/mol. The topological polar surface area (TPSA) is 82.2 Å². The zero-order valence-electron chi connectivity index (χ0n) is 13.1. The van der Waals surface area contributed by atoms with Crippen molar-refractivity contribution in [1.82, 2.24) is 10.3 Å². The van der Waals surface area contributed by atoms with E-state index in [2.05, 4.69) is 10.3 Å². The quantitative estimate of drug-likeness (QED) is 0.740. The predicted octanol–water partition coefficient (Wildman–Crippen LogP) is 2.53. The van der Waals surface area contributed by atoms with Gasteiger partial charge in [-0.3, -0.25) is 9.59 Å². The molecule has 2 aromatic heterocycles. The molecule has 22 heavy (non-hydrogen) atoms. The smallest absolute Gasteiger partial charge is 0.268 e. The summed E-state index contributed by atoms with van der Waals surface area (Å²) in [7, 11) is 0. The van der Waals surface area contributed by atoms with Crippen LogP contribution in [0.4, 0.5) is 0 Å². The Hall–Kier alpha value is -1.92. The van der Waals surface area contributed by atoms with E-state index >= 15 is 0 Å². The Morgan fingerprint density at radius 3 is 2.59 bits per heavy atom. The number of aliphatic hydroxyl groups is 1. The van der Waals surface area contributed by atoms with E-state index in [9.17, 15) is 14.7 Å². The predicted molar refractivity (Wildman–Crippen MR) is 86.5 cm³/mol. The van der Waals surface area contributed by atoms with Crippen LogP contribution in [0.3, 0.4) is 0 Å². The van der Waals surface area contributed by atoms with E-state index in [-0.39, 0.29) is 18.2 Å². The van der Waals surface area contributed by atoms with Gasteiger partial charge in [-0.2, -0.15) is 11.3 Å². The number of amides is 1. The molecule has 1 amide bonds. The molecule has 2 aromatic rings. The number of Topliss-reactive ketones (excluding diaryl/α,β-unsaturated/α-hetero) is 1. The summed E-state index contributed by atoms with van der Waals surface area (Å²) in [6, 6.07) is 1.83. The fourth-order valence-electron chi connectivity index (χ4n) is 2.52. The number of aromatic nitrogens is 1. The van der Waals surface area contributed by atoms with Gasteiger partial charge in [0.15, 0.2) is 5.78 Å². The second-order valence-electron chi connectivity index (χ2n) is 5.65. The minimum absolute atomic E-state index is 0.0735. The van der Waals surface area contributed by atoms with Gasteiger partial charge in [-0.25, -0.2) is 0 Å². The number of nitrogens with one attached hydrogen (secondary N) is 2. The van der Waals surface area contributed by atoms with Crippen LogP contribution in [0.25, 0.3) is 0 Å². The van der Waals surface area contributed by atoms with Crippen LogP contribution in [0, 0.1) is 13.8 Å². The summed E-state index contributed by atoms with van der Waals surface area (Å²) in [4.78, 5) is 26.9. The standard InChI is InChI=1S/C16H20N2O3S/c1-9-13(11(3)19)10(2)18-14(9)15(20)17-8-16(4,21)12-5-6-22-7-12/h5-7,18,21H,8H2,1-4H3,(H,17,20). The van der Waals surface area contributed by atoms with Crippen LogP contribution in [0.1, 0.15) is 51.5 Å². The van der Waals surface area contributed by atoms with Crippen LogP contribution in [0.5, 0.6) is 0 Å². The molecular weight excluding hydrogens is 300 g/mol. The molecule has 0 aliphatic rings. The molecule has 0 fully saturated rings. The Kier molecular flexibility index (Phi) is 4.53. The van der Waals surface area contributed by atoms with E-state index in [0.29, 0.717) is 22.5 Å². The molecule has 0 aliphatic heterocycles. The first kappa shape index (κ1) is 16.5. The summed E-state index contributed by atoms with van der Waals surface area (Å²) in [5.41, 5.74) is 1.87. The summed E-state index contributed by atoms with van der Waals surface area (Å²) >= 11 is 1.49. The van der Waals surface area contributed by atoms with Crippen molar-refractivity contribution in [3.63, 3.8) is 0 Å². The third-order valence-electron chi connectivity index (χ3n) is 3.75. The van der Waals surface area contributed by atoms with E-state index < -0.39 is 5.60 Å². The Labute approximate surface area is 133 Å². The highest BCUT2D eigenvalue weighted by molar-refractivity contribution is 7.08. The molecule has 0 bridgehead atoms. The van der Waals surface area contributed by atoms with Crippen molar-refractivity contribution in [3.8, 4) is 0 Å². The van der Waals surface area contributed by atoms with E-state index in [1.54, 1.807) is 20.8 Å². The molecule has 0 saturated heterocycles. The van der Waals surface area contributed by atoms with Gasteiger partial charge in [-0.15, -0.1) is 0 Å². The monoisotopic (exact) mass is 320 g/mol. The molecule has 0 aromatic carbocycles. The van der Waals surface area contributed by atoms with Crippen LogP contribution in [0.15, 0.2) is 16.8 Å². The lowest BCUT2D eigenvalue weighted by Crippen LogP contribution is -2.38. The van der Waals surface area contributed by atoms with Gasteiger partial charge in [0.25, 0.3) is 5.91 Å². The van der Waals surface area contributed by atoms with Crippen LogP contribution in [0.2, 0.25) is 0 Å². The maximum atomic E-state index is 12.3. The maximum Gasteiger partial charge on any atom is 0.268 e. The minimum Gasteiger partial charge on any atom is -0.384 e. The molecule has 118 valence electrons. The van der Waals surface area contributed by atoms with Crippen LogP contribution >= 0.6 is 11.3 Å². The number of aryl methyl sites for hydroxylation is 1.